The lowest BCUT2D eigenvalue weighted by molar-refractivity contribution is -0.149. The molecule has 2 N–H and O–H groups in total. The van der Waals surface area contributed by atoms with Crippen LogP contribution in [0.1, 0.15) is 11.6 Å². The van der Waals surface area contributed by atoms with Crippen molar-refractivity contribution in [3.05, 3.63) is 23.8 Å². The van der Waals surface area contributed by atoms with Gasteiger partial charge in [0.2, 0.25) is 0 Å². The number of nitrogens with two attached hydrogens (primary N) is 1. The molecule has 1 atom stereocenters. The summed E-state index contributed by atoms with van der Waals surface area (Å²) in [5.74, 6) is 0.231. The average molecular weight is 272 g/mol. The van der Waals surface area contributed by atoms with E-state index in [-0.39, 0.29) is 29.5 Å². The maximum atomic E-state index is 12.5. The van der Waals surface area contributed by atoms with Crippen LogP contribution >= 0.6 is 12.4 Å². The molecule has 1 aromatic rings. The molecule has 0 spiro atoms. The van der Waals surface area contributed by atoms with E-state index in [1.165, 1.54) is 32.4 Å². The molecule has 3 nitrogen and oxygen atoms in total. The lowest BCUT2D eigenvalue weighted by atomic mass is 10.1. The number of halogens is 4. The van der Waals surface area contributed by atoms with Gasteiger partial charge in [-0.1, -0.05) is 12.1 Å². The van der Waals surface area contributed by atoms with Gasteiger partial charge in [0.15, 0.2) is 11.5 Å². The zero-order chi connectivity index (χ0) is 12.3. The second-order valence-corrected chi connectivity index (χ2v) is 3.10. The summed E-state index contributed by atoms with van der Waals surface area (Å²) in [6.45, 7) is 0. The second kappa shape index (κ2) is 5.97. The van der Waals surface area contributed by atoms with Gasteiger partial charge in [-0.05, 0) is 6.07 Å². The van der Waals surface area contributed by atoms with Crippen LogP contribution in [0.5, 0.6) is 11.5 Å². The highest BCUT2D eigenvalue weighted by Gasteiger charge is 2.39. The summed E-state index contributed by atoms with van der Waals surface area (Å²) in [6.07, 6.45) is -4.51. The van der Waals surface area contributed by atoms with E-state index in [1.54, 1.807) is 0 Å². The predicted octanol–water partition coefficient (Wildman–Crippen LogP) is 2.69. The Morgan fingerprint density at radius 2 is 1.76 bits per heavy atom. The molecule has 0 heterocycles. The van der Waals surface area contributed by atoms with E-state index in [0.717, 1.165) is 0 Å². The minimum absolute atomic E-state index is 0. The SMILES string of the molecule is COc1cccc([C@H](N)C(F)(F)F)c1OC.Cl. The Morgan fingerprint density at radius 1 is 1.18 bits per heavy atom. The molecule has 98 valence electrons. The Labute approximate surface area is 103 Å². The third-order valence-corrected chi connectivity index (χ3v) is 2.12. The van der Waals surface area contributed by atoms with E-state index < -0.39 is 12.2 Å². The van der Waals surface area contributed by atoms with Crippen molar-refractivity contribution in [3.63, 3.8) is 0 Å². The van der Waals surface area contributed by atoms with Gasteiger partial charge in [-0.2, -0.15) is 13.2 Å². The smallest absolute Gasteiger partial charge is 0.407 e. The molecule has 7 heteroatoms. The summed E-state index contributed by atoms with van der Waals surface area (Å²) in [6, 6.07) is 2.12. The third-order valence-electron chi connectivity index (χ3n) is 2.12. The van der Waals surface area contributed by atoms with Crippen LogP contribution in [0.2, 0.25) is 0 Å². The van der Waals surface area contributed by atoms with Crippen LogP contribution in [0, 0.1) is 0 Å². The number of para-hydroxylation sites is 1. The van der Waals surface area contributed by atoms with Crippen molar-refractivity contribution in [1.29, 1.82) is 0 Å². The first-order valence-corrected chi connectivity index (χ1v) is 4.45. The summed E-state index contributed by atoms with van der Waals surface area (Å²) in [5, 5.41) is 0. The van der Waals surface area contributed by atoms with Gasteiger partial charge in [0.05, 0.1) is 14.2 Å². The molecule has 0 aliphatic carbocycles. The number of hydrogen-bond acceptors (Lipinski definition) is 3. The largest absolute Gasteiger partial charge is 0.493 e. The summed E-state index contributed by atoms with van der Waals surface area (Å²) >= 11 is 0. The molecule has 0 amide bonds. The quantitative estimate of drug-likeness (QED) is 0.919. The summed E-state index contributed by atoms with van der Waals surface area (Å²) in [4.78, 5) is 0. The van der Waals surface area contributed by atoms with E-state index in [1.807, 2.05) is 0 Å². The minimum atomic E-state index is -4.51. The number of hydrogen-bond donors (Lipinski definition) is 1. The van der Waals surface area contributed by atoms with Gasteiger partial charge in [0.25, 0.3) is 0 Å². The van der Waals surface area contributed by atoms with Crippen LogP contribution in [0.3, 0.4) is 0 Å². The van der Waals surface area contributed by atoms with Crippen molar-refractivity contribution in [3.8, 4) is 11.5 Å². The topological polar surface area (TPSA) is 44.5 Å². The highest BCUT2D eigenvalue weighted by atomic mass is 35.5. The van der Waals surface area contributed by atoms with E-state index in [0.29, 0.717) is 0 Å². The maximum absolute atomic E-state index is 12.5. The van der Waals surface area contributed by atoms with Gasteiger partial charge in [-0.15, -0.1) is 12.4 Å². The maximum Gasteiger partial charge on any atom is 0.407 e. The van der Waals surface area contributed by atoms with Crippen molar-refractivity contribution in [1.82, 2.24) is 0 Å². The van der Waals surface area contributed by atoms with Gasteiger partial charge in [-0.25, -0.2) is 0 Å². The van der Waals surface area contributed by atoms with Crippen molar-refractivity contribution in [2.75, 3.05) is 14.2 Å². The summed E-state index contributed by atoms with van der Waals surface area (Å²) < 4.78 is 47.2. The van der Waals surface area contributed by atoms with E-state index in [4.69, 9.17) is 15.2 Å². The number of methoxy groups -OCH3 is 2. The Morgan fingerprint density at radius 3 is 2.18 bits per heavy atom. The van der Waals surface area contributed by atoms with Crippen LogP contribution in [-0.2, 0) is 0 Å². The Kier molecular flexibility index (Phi) is 5.57. The van der Waals surface area contributed by atoms with Crippen LogP contribution in [0.25, 0.3) is 0 Å². The van der Waals surface area contributed by atoms with Crippen molar-refractivity contribution in [2.24, 2.45) is 5.73 Å². The van der Waals surface area contributed by atoms with Gasteiger partial charge >= 0.3 is 6.18 Å². The zero-order valence-corrected chi connectivity index (χ0v) is 10.1. The van der Waals surface area contributed by atoms with Gasteiger partial charge < -0.3 is 15.2 Å². The van der Waals surface area contributed by atoms with E-state index >= 15 is 0 Å². The zero-order valence-electron chi connectivity index (χ0n) is 9.25. The molecular weight excluding hydrogens is 259 g/mol. The normalized spacial score (nSPS) is 12.6. The number of alkyl halides is 3. The van der Waals surface area contributed by atoms with E-state index in [2.05, 4.69) is 0 Å². The fraction of sp³-hybridized carbons (Fsp3) is 0.400. The minimum Gasteiger partial charge on any atom is -0.493 e. The van der Waals surface area contributed by atoms with Crippen molar-refractivity contribution in [2.45, 2.75) is 12.2 Å². The fourth-order valence-corrected chi connectivity index (χ4v) is 1.33. The molecule has 0 aromatic heterocycles. The van der Waals surface area contributed by atoms with Crippen molar-refractivity contribution >= 4 is 12.4 Å². The Bertz CT molecular complexity index is 371. The summed E-state index contributed by atoms with van der Waals surface area (Å²) in [5.41, 5.74) is 4.97. The van der Waals surface area contributed by atoms with Crippen LogP contribution in [0.15, 0.2) is 18.2 Å². The van der Waals surface area contributed by atoms with Crippen LogP contribution in [-0.4, -0.2) is 20.4 Å². The number of ether oxygens (including phenoxy) is 2. The first-order chi connectivity index (χ1) is 7.41. The number of rotatable bonds is 3. The lowest BCUT2D eigenvalue weighted by Gasteiger charge is -2.19. The molecule has 17 heavy (non-hydrogen) atoms. The molecule has 0 aliphatic heterocycles. The first kappa shape index (κ1) is 15.9. The molecular formula is C10H13ClF3NO2. The lowest BCUT2D eigenvalue weighted by Crippen LogP contribution is -2.28. The van der Waals surface area contributed by atoms with Gasteiger partial charge in [0, 0.05) is 5.56 Å². The predicted molar refractivity (Wildman–Crippen MR) is 59.8 cm³/mol. The monoisotopic (exact) mass is 271 g/mol. The number of benzene rings is 1. The third kappa shape index (κ3) is 3.41. The summed E-state index contributed by atoms with van der Waals surface area (Å²) in [7, 11) is 2.62. The van der Waals surface area contributed by atoms with E-state index in [9.17, 15) is 13.2 Å². The van der Waals surface area contributed by atoms with Crippen molar-refractivity contribution < 1.29 is 22.6 Å². The molecule has 0 unspecified atom stereocenters. The van der Waals surface area contributed by atoms with Gasteiger partial charge in [-0.3, -0.25) is 0 Å². The fourth-order valence-electron chi connectivity index (χ4n) is 1.33. The standard InChI is InChI=1S/C10H12F3NO2.ClH/c1-15-7-5-3-4-6(8(7)16-2)9(14)10(11,12)13;/h3-5,9H,14H2,1-2H3;1H/t9-;/m0./s1. The molecule has 0 aliphatic rings. The van der Waals surface area contributed by atoms with Crippen LogP contribution < -0.4 is 15.2 Å². The first-order valence-electron chi connectivity index (χ1n) is 4.45. The molecule has 0 saturated carbocycles. The highest BCUT2D eigenvalue weighted by molar-refractivity contribution is 5.85. The molecule has 0 fully saturated rings. The highest BCUT2D eigenvalue weighted by Crippen LogP contribution is 2.39. The average Bonchev–Trinajstić information content (AvgIpc) is 2.25. The molecule has 0 saturated heterocycles. The molecule has 1 aromatic carbocycles. The van der Waals surface area contributed by atoms with Crippen LogP contribution in [0.4, 0.5) is 13.2 Å². The molecule has 1 rings (SSSR count). The van der Waals surface area contributed by atoms with Gasteiger partial charge in [0.1, 0.15) is 6.04 Å². The molecule has 0 bridgehead atoms. The molecule has 0 radical (unpaired) electrons. The second-order valence-electron chi connectivity index (χ2n) is 3.10. The Hall–Kier alpha value is -1.14. The Balaban J connectivity index is 0.00000256.